The number of carbonyl (C=O) groups is 1. The van der Waals surface area contributed by atoms with Crippen LogP contribution in [0, 0.1) is 6.92 Å². The number of aryl methyl sites for hydroxylation is 1. The molecule has 2 N–H and O–H groups in total. The van der Waals surface area contributed by atoms with Crippen molar-refractivity contribution in [3.63, 3.8) is 0 Å². The lowest BCUT2D eigenvalue weighted by atomic mass is 9.98. The minimum Gasteiger partial charge on any atom is -0.485 e. The third-order valence-electron chi connectivity index (χ3n) is 4.81. The molecule has 27 heavy (non-hydrogen) atoms. The zero-order chi connectivity index (χ0) is 19.0. The van der Waals surface area contributed by atoms with E-state index < -0.39 is 0 Å². The van der Waals surface area contributed by atoms with Gasteiger partial charge < -0.3 is 20.1 Å². The number of hydrogen-bond acceptors (Lipinski definition) is 7. The van der Waals surface area contributed by atoms with Gasteiger partial charge in [0.1, 0.15) is 18.2 Å². The lowest BCUT2D eigenvalue weighted by Crippen LogP contribution is -2.32. The quantitative estimate of drug-likeness (QED) is 0.845. The van der Waals surface area contributed by atoms with E-state index in [0.717, 1.165) is 35.6 Å². The fourth-order valence-corrected chi connectivity index (χ4v) is 3.88. The van der Waals surface area contributed by atoms with Gasteiger partial charge in [0, 0.05) is 41.9 Å². The Bertz CT molecular complexity index is 869. The van der Waals surface area contributed by atoms with E-state index in [4.69, 9.17) is 26.8 Å². The fraction of sp³-hybridized carbons (Fsp3) is 0.421. The highest BCUT2D eigenvalue weighted by atomic mass is 35.5. The molecule has 1 saturated heterocycles. The fourth-order valence-electron chi connectivity index (χ4n) is 3.60. The number of benzene rings is 1. The summed E-state index contributed by atoms with van der Waals surface area (Å²) in [7, 11) is 0. The smallest absolute Gasteiger partial charge is 0.222 e. The number of nitrogens with two attached hydrogens (primary N) is 1. The summed E-state index contributed by atoms with van der Waals surface area (Å²) in [6, 6.07) is 5.52. The molecule has 1 unspecified atom stereocenters. The molecular formula is C19H21ClN4O3. The van der Waals surface area contributed by atoms with Gasteiger partial charge in [-0.25, -0.2) is 4.98 Å². The Labute approximate surface area is 162 Å². The summed E-state index contributed by atoms with van der Waals surface area (Å²) < 4.78 is 11.3. The molecule has 0 spiro atoms. The summed E-state index contributed by atoms with van der Waals surface area (Å²) >= 11 is 6.59. The zero-order valence-electron chi connectivity index (χ0n) is 15.1. The van der Waals surface area contributed by atoms with Gasteiger partial charge in [0.15, 0.2) is 5.78 Å². The van der Waals surface area contributed by atoms with Crippen molar-refractivity contribution in [2.45, 2.75) is 25.8 Å². The molecule has 3 heterocycles. The Kier molecular flexibility index (Phi) is 4.88. The van der Waals surface area contributed by atoms with Crippen molar-refractivity contribution in [1.29, 1.82) is 0 Å². The molecular weight excluding hydrogens is 368 g/mol. The lowest BCUT2D eigenvalue weighted by molar-refractivity contribution is -0.121. The molecule has 142 valence electrons. The minimum atomic E-state index is -0.143. The van der Waals surface area contributed by atoms with Crippen LogP contribution in [-0.2, 0) is 16.0 Å². The van der Waals surface area contributed by atoms with Crippen LogP contribution in [0.5, 0.6) is 5.75 Å². The molecule has 0 amide bonds. The monoisotopic (exact) mass is 388 g/mol. The van der Waals surface area contributed by atoms with E-state index in [2.05, 4.69) is 14.9 Å². The number of halogens is 1. The Morgan fingerprint density at radius 1 is 1.30 bits per heavy atom. The summed E-state index contributed by atoms with van der Waals surface area (Å²) in [6.07, 6.45) is 1.22. The van der Waals surface area contributed by atoms with E-state index in [0.29, 0.717) is 30.4 Å². The predicted molar refractivity (Wildman–Crippen MR) is 102 cm³/mol. The molecule has 1 aromatic carbocycles. The first kappa shape index (κ1) is 18.0. The van der Waals surface area contributed by atoms with Crippen LogP contribution in [0.25, 0.3) is 0 Å². The molecule has 2 aliphatic heterocycles. The molecule has 1 atom stereocenters. The van der Waals surface area contributed by atoms with Gasteiger partial charge in [-0.05, 0) is 31.0 Å². The Hall–Kier alpha value is -2.38. The van der Waals surface area contributed by atoms with Crippen molar-refractivity contribution in [2.75, 3.05) is 37.0 Å². The van der Waals surface area contributed by atoms with Crippen LogP contribution in [0.3, 0.4) is 0 Å². The van der Waals surface area contributed by atoms with Crippen molar-refractivity contribution in [3.8, 4) is 5.75 Å². The van der Waals surface area contributed by atoms with Gasteiger partial charge in [-0.3, -0.25) is 4.79 Å². The highest BCUT2D eigenvalue weighted by molar-refractivity contribution is 6.31. The van der Waals surface area contributed by atoms with Crippen LogP contribution in [-0.4, -0.2) is 42.1 Å². The van der Waals surface area contributed by atoms with Crippen molar-refractivity contribution < 1.29 is 14.3 Å². The molecule has 0 bridgehead atoms. The maximum Gasteiger partial charge on any atom is 0.222 e. The topological polar surface area (TPSA) is 90.6 Å². The Morgan fingerprint density at radius 2 is 2.15 bits per heavy atom. The number of carbonyl (C=O) groups excluding carboxylic acids is 1. The number of fused-ring (bicyclic) bond motifs is 1. The summed E-state index contributed by atoms with van der Waals surface area (Å²) in [6.45, 7) is 3.87. The van der Waals surface area contributed by atoms with E-state index in [-0.39, 0.29) is 24.4 Å². The van der Waals surface area contributed by atoms with Gasteiger partial charge in [-0.2, -0.15) is 4.98 Å². The standard InChI is InChI=1S/C19H21ClN4O3/c1-11-5-18(23-19(21)22-11)24-3-2-4-26-10-16(24)14-7-12-6-13(25)9-27-17(12)8-15(14)20/h5,7-8,16H,2-4,6,9-10H2,1H3,(H2,21,22,23). The molecule has 7 nitrogen and oxygen atoms in total. The molecule has 0 aliphatic carbocycles. The lowest BCUT2D eigenvalue weighted by Gasteiger charge is -2.32. The number of nitrogens with zero attached hydrogens (tertiary/aromatic N) is 3. The molecule has 0 saturated carbocycles. The summed E-state index contributed by atoms with van der Waals surface area (Å²) in [5.74, 6) is 1.72. The third kappa shape index (κ3) is 3.70. The molecule has 2 aliphatic rings. The van der Waals surface area contributed by atoms with Crippen LogP contribution in [0.15, 0.2) is 18.2 Å². The first-order valence-corrected chi connectivity index (χ1v) is 9.31. The second kappa shape index (κ2) is 7.32. The summed E-state index contributed by atoms with van der Waals surface area (Å²) in [4.78, 5) is 22.5. The second-order valence-electron chi connectivity index (χ2n) is 6.85. The van der Waals surface area contributed by atoms with Crippen molar-refractivity contribution in [2.24, 2.45) is 0 Å². The van der Waals surface area contributed by atoms with Gasteiger partial charge in [-0.15, -0.1) is 0 Å². The van der Waals surface area contributed by atoms with Crippen molar-refractivity contribution in [1.82, 2.24) is 9.97 Å². The number of ether oxygens (including phenoxy) is 2. The van der Waals surface area contributed by atoms with E-state index in [1.165, 1.54) is 0 Å². The maximum atomic E-state index is 11.8. The van der Waals surface area contributed by atoms with Crippen LogP contribution < -0.4 is 15.4 Å². The molecule has 2 aromatic rings. The number of aromatic nitrogens is 2. The normalized spacial score (nSPS) is 20.0. The van der Waals surface area contributed by atoms with Gasteiger partial charge in [-0.1, -0.05) is 11.6 Å². The van der Waals surface area contributed by atoms with Crippen LogP contribution >= 0.6 is 11.6 Å². The second-order valence-corrected chi connectivity index (χ2v) is 7.26. The predicted octanol–water partition coefficient (Wildman–Crippen LogP) is 2.49. The highest BCUT2D eigenvalue weighted by Crippen LogP contribution is 2.37. The van der Waals surface area contributed by atoms with E-state index in [9.17, 15) is 4.79 Å². The SMILES string of the molecule is Cc1cc(N2CCCOCC2c2cc3c(cc2Cl)OCC(=O)C3)nc(N)n1. The van der Waals surface area contributed by atoms with Gasteiger partial charge in [0.25, 0.3) is 0 Å². The number of hydrogen-bond donors (Lipinski definition) is 1. The van der Waals surface area contributed by atoms with Crippen LogP contribution in [0.2, 0.25) is 5.02 Å². The zero-order valence-corrected chi connectivity index (χ0v) is 15.8. The number of Topliss-reactive ketones (excluding diaryl/α,β-unsaturated/α-hetero) is 1. The molecule has 4 rings (SSSR count). The molecule has 1 aromatic heterocycles. The first-order chi connectivity index (χ1) is 13.0. The minimum absolute atomic E-state index is 0.0592. The Morgan fingerprint density at radius 3 is 2.96 bits per heavy atom. The molecule has 8 heteroatoms. The van der Waals surface area contributed by atoms with Gasteiger partial charge in [0.2, 0.25) is 5.95 Å². The summed E-state index contributed by atoms with van der Waals surface area (Å²) in [5.41, 5.74) is 8.42. The average Bonchev–Trinajstić information content (AvgIpc) is 2.86. The number of rotatable bonds is 2. The average molecular weight is 389 g/mol. The molecule has 1 fully saturated rings. The number of anilines is 2. The summed E-state index contributed by atoms with van der Waals surface area (Å²) in [5, 5.41) is 0.586. The number of nitrogen functional groups attached to an aromatic ring is 1. The third-order valence-corrected chi connectivity index (χ3v) is 5.13. The Balaban J connectivity index is 1.77. The largest absolute Gasteiger partial charge is 0.485 e. The van der Waals surface area contributed by atoms with Crippen molar-refractivity contribution >= 4 is 29.2 Å². The molecule has 0 radical (unpaired) electrons. The van der Waals surface area contributed by atoms with Crippen molar-refractivity contribution in [3.05, 3.63) is 40.0 Å². The first-order valence-electron chi connectivity index (χ1n) is 8.93. The van der Waals surface area contributed by atoms with E-state index >= 15 is 0 Å². The van der Waals surface area contributed by atoms with Gasteiger partial charge >= 0.3 is 0 Å². The highest BCUT2D eigenvalue weighted by Gasteiger charge is 2.29. The number of ketones is 1. The van der Waals surface area contributed by atoms with E-state index in [1.807, 2.05) is 19.1 Å². The maximum absolute atomic E-state index is 11.8. The van der Waals surface area contributed by atoms with Gasteiger partial charge in [0.05, 0.1) is 12.6 Å². The van der Waals surface area contributed by atoms with E-state index in [1.54, 1.807) is 6.07 Å². The van der Waals surface area contributed by atoms with Crippen LogP contribution in [0.4, 0.5) is 11.8 Å². The van der Waals surface area contributed by atoms with Crippen LogP contribution in [0.1, 0.15) is 29.3 Å².